The Labute approximate surface area is 157 Å². The second-order valence-electron chi connectivity index (χ2n) is 6.91. The first-order valence-electron chi connectivity index (χ1n) is 8.77. The van der Waals surface area contributed by atoms with E-state index in [2.05, 4.69) is 24.5 Å². The van der Waals surface area contributed by atoms with Gasteiger partial charge in [0.1, 0.15) is 11.4 Å². The van der Waals surface area contributed by atoms with Crippen LogP contribution in [0, 0.1) is 12.8 Å². The van der Waals surface area contributed by atoms with Crippen LogP contribution in [0.3, 0.4) is 0 Å². The van der Waals surface area contributed by atoms with Crippen molar-refractivity contribution in [3.63, 3.8) is 0 Å². The van der Waals surface area contributed by atoms with Crippen LogP contribution in [0.1, 0.15) is 38.7 Å². The van der Waals surface area contributed by atoms with Crippen molar-refractivity contribution in [1.29, 1.82) is 0 Å². The van der Waals surface area contributed by atoms with E-state index in [-0.39, 0.29) is 18.3 Å². The fourth-order valence-corrected chi connectivity index (χ4v) is 2.84. The Morgan fingerprint density at radius 2 is 2.00 bits per heavy atom. The lowest BCUT2D eigenvalue weighted by molar-refractivity contribution is -0.140. The van der Waals surface area contributed by atoms with Gasteiger partial charge in [-0.1, -0.05) is 19.9 Å². The third-order valence-corrected chi connectivity index (χ3v) is 4.61. The van der Waals surface area contributed by atoms with E-state index in [9.17, 15) is 4.79 Å². The van der Waals surface area contributed by atoms with Crippen LogP contribution < -0.4 is 15.4 Å². The first-order valence-corrected chi connectivity index (χ1v) is 8.77. The highest BCUT2D eigenvalue weighted by Crippen LogP contribution is 2.27. The zero-order valence-corrected chi connectivity index (χ0v) is 16.5. The molecule has 0 radical (unpaired) electrons. The first kappa shape index (κ1) is 21.7. The second-order valence-corrected chi connectivity index (χ2v) is 6.91. The van der Waals surface area contributed by atoms with Crippen molar-refractivity contribution >= 4 is 24.0 Å². The number of anilines is 1. The zero-order chi connectivity index (χ0) is 17.6. The summed E-state index contributed by atoms with van der Waals surface area (Å²) < 4.78 is 11.4. The lowest BCUT2D eigenvalue weighted by Crippen LogP contribution is -2.51. The summed E-state index contributed by atoms with van der Waals surface area (Å²) >= 11 is 0. The van der Waals surface area contributed by atoms with Gasteiger partial charge in [-0.05, 0) is 56.8 Å². The summed E-state index contributed by atoms with van der Waals surface area (Å²) in [5.41, 5.74) is 1.08. The normalized spacial score (nSPS) is 16.2. The molecule has 1 amide bonds. The van der Waals surface area contributed by atoms with Gasteiger partial charge in [0, 0.05) is 18.9 Å². The number of methoxy groups -OCH3 is 1. The van der Waals surface area contributed by atoms with Crippen LogP contribution in [0.15, 0.2) is 18.2 Å². The predicted molar refractivity (Wildman–Crippen MR) is 104 cm³/mol. The molecule has 1 heterocycles. The molecule has 0 spiro atoms. The van der Waals surface area contributed by atoms with Crippen molar-refractivity contribution in [2.45, 2.75) is 45.6 Å². The van der Waals surface area contributed by atoms with E-state index < -0.39 is 5.60 Å². The molecule has 1 aliphatic heterocycles. The highest BCUT2D eigenvalue weighted by Gasteiger charge is 2.39. The molecule has 1 aromatic carbocycles. The number of rotatable bonds is 7. The molecule has 0 aliphatic carbocycles. The SMILES string of the molecule is COC1(C(=O)Nc2ccc(C)c(OCCC(C)C)c2)CCNCC1.Cl. The van der Waals surface area contributed by atoms with Crippen LogP contribution in [-0.4, -0.2) is 38.3 Å². The number of nitrogens with one attached hydrogen (secondary N) is 2. The Bertz CT molecular complexity index is 558. The summed E-state index contributed by atoms with van der Waals surface area (Å²) in [6, 6.07) is 5.78. The van der Waals surface area contributed by atoms with Crippen LogP contribution >= 0.6 is 12.4 Å². The van der Waals surface area contributed by atoms with Crippen LogP contribution in [0.5, 0.6) is 5.75 Å². The summed E-state index contributed by atoms with van der Waals surface area (Å²) in [6.07, 6.45) is 2.37. The molecule has 2 rings (SSSR count). The van der Waals surface area contributed by atoms with E-state index in [1.807, 2.05) is 25.1 Å². The maximum atomic E-state index is 12.7. The summed E-state index contributed by atoms with van der Waals surface area (Å²) in [6.45, 7) is 8.63. The molecule has 25 heavy (non-hydrogen) atoms. The van der Waals surface area contributed by atoms with Gasteiger partial charge in [-0.3, -0.25) is 4.79 Å². The molecule has 1 saturated heterocycles. The van der Waals surface area contributed by atoms with Crippen molar-refractivity contribution in [2.24, 2.45) is 5.92 Å². The molecule has 1 fully saturated rings. The molecule has 5 nitrogen and oxygen atoms in total. The molecule has 1 aromatic rings. The van der Waals surface area contributed by atoms with Crippen molar-refractivity contribution in [1.82, 2.24) is 5.32 Å². The van der Waals surface area contributed by atoms with Gasteiger partial charge in [-0.25, -0.2) is 0 Å². The monoisotopic (exact) mass is 370 g/mol. The number of amides is 1. The van der Waals surface area contributed by atoms with Gasteiger partial charge in [-0.15, -0.1) is 12.4 Å². The van der Waals surface area contributed by atoms with Gasteiger partial charge in [0.2, 0.25) is 0 Å². The van der Waals surface area contributed by atoms with Crippen LogP contribution in [-0.2, 0) is 9.53 Å². The number of carbonyl (C=O) groups is 1. The smallest absolute Gasteiger partial charge is 0.256 e. The van der Waals surface area contributed by atoms with Gasteiger partial charge in [0.05, 0.1) is 6.61 Å². The van der Waals surface area contributed by atoms with Crippen molar-refractivity contribution in [2.75, 3.05) is 32.1 Å². The number of hydrogen-bond donors (Lipinski definition) is 2. The van der Waals surface area contributed by atoms with E-state index >= 15 is 0 Å². The average Bonchev–Trinajstić information content (AvgIpc) is 2.58. The van der Waals surface area contributed by atoms with Crippen molar-refractivity contribution < 1.29 is 14.3 Å². The highest BCUT2D eigenvalue weighted by atomic mass is 35.5. The lowest BCUT2D eigenvalue weighted by Gasteiger charge is -2.34. The molecular weight excluding hydrogens is 340 g/mol. The summed E-state index contributed by atoms with van der Waals surface area (Å²) in [5.74, 6) is 1.35. The number of hydrogen-bond acceptors (Lipinski definition) is 4. The number of piperidine rings is 1. The zero-order valence-electron chi connectivity index (χ0n) is 15.7. The maximum absolute atomic E-state index is 12.7. The third-order valence-electron chi connectivity index (χ3n) is 4.61. The van der Waals surface area contributed by atoms with Gasteiger partial charge >= 0.3 is 0 Å². The Morgan fingerprint density at radius 1 is 1.32 bits per heavy atom. The largest absolute Gasteiger partial charge is 0.493 e. The van der Waals surface area contributed by atoms with E-state index in [0.29, 0.717) is 25.4 Å². The predicted octanol–water partition coefficient (Wildman–Crippen LogP) is 3.55. The standard InChI is InChI=1S/C19H30N2O3.ClH/c1-14(2)7-12-24-17-13-16(6-5-15(17)3)21-18(22)19(23-4)8-10-20-11-9-19;/h5-6,13-14,20H,7-12H2,1-4H3,(H,21,22);1H. The van der Waals surface area contributed by atoms with E-state index in [1.165, 1.54) is 0 Å². The molecule has 0 atom stereocenters. The molecule has 0 saturated carbocycles. The minimum Gasteiger partial charge on any atom is -0.493 e. The fraction of sp³-hybridized carbons (Fsp3) is 0.632. The lowest BCUT2D eigenvalue weighted by atomic mass is 9.91. The van der Waals surface area contributed by atoms with Gasteiger partial charge in [0.15, 0.2) is 0 Å². The van der Waals surface area contributed by atoms with Crippen molar-refractivity contribution in [3.8, 4) is 5.75 Å². The summed E-state index contributed by atoms with van der Waals surface area (Å²) in [5, 5.41) is 6.26. The quantitative estimate of drug-likeness (QED) is 0.770. The molecular formula is C19H31ClN2O3. The molecule has 0 unspecified atom stereocenters. The van der Waals surface area contributed by atoms with Crippen LogP contribution in [0.25, 0.3) is 0 Å². The van der Waals surface area contributed by atoms with Gasteiger partial charge < -0.3 is 20.1 Å². The fourth-order valence-electron chi connectivity index (χ4n) is 2.84. The first-order chi connectivity index (χ1) is 11.5. The highest BCUT2D eigenvalue weighted by molar-refractivity contribution is 5.97. The van der Waals surface area contributed by atoms with Gasteiger partial charge in [0.25, 0.3) is 5.91 Å². The third kappa shape index (κ3) is 5.87. The van der Waals surface area contributed by atoms with E-state index in [4.69, 9.17) is 9.47 Å². The maximum Gasteiger partial charge on any atom is 0.256 e. The topological polar surface area (TPSA) is 59.6 Å². The van der Waals surface area contributed by atoms with Crippen LogP contribution in [0.2, 0.25) is 0 Å². The number of ether oxygens (including phenoxy) is 2. The number of benzene rings is 1. The summed E-state index contributed by atoms with van der Waals surface area (Å²) in [7, 11) is 1.61. The number of aryl methyl sites for hydroxylation is 1. The number of halogens is 1. The Morgan fingerprint density at radius 3 is 2.60 bits per heavy atom. The van der Waals surface area contributed by atoms with Gasteiger partial charge in [-0.2, -0.15) is 0 Å². The Balaban J connectivity index is 0.00000312. The molecule has 142 valence electrons. The van der Waals surface area contributed by atoms with Crippen LogP contribution in [0.4, 0.5) is 5.69 Å². The van der Waals surface area contributed by atoms with E-state index in [1.54, 1.807) is 7.11 Å². The molecule has 2 N–H and O–H groups in total. The molecule has 6 heteroatoms. The second kappa shape index (κ2) is 10.00. The molecule has 1 aliphatic rings. The summed E-state index contributed by atoms with van der Waals surface area (Å²) in [4.78, 5) is 12.7. The van der Waals surface area contributed by atoms with Crippen molar-refractivity contribution in [3.05, 3.63) is 23.8 Å². The minimum absolute atomic E-state index is 0. The average molecular weight is 371 g/mol. The minimum atomic E-state index is -0.741. The Hall–Kier alpha value is -1.30. The molecule has 0 bridgehead atoms. The Kier molecular flexibility index (Phi) is 8.69. The number of carbonyl (C=O) groups excluding carboxylic acids is 1. The van der Waals surface area contributed by atoms with E-state index in [0.717, 1.165) is 36.5 Å². The molecule has 0 aromatic heterocycles.